The highest BCUT2D eigenvalue weighted by atomic mass is 31.0. The molecule has 0 aliphatic rings. The number of hydrogen-bond acceptors (Lipinski definition) is 0. The fourth-order valence-corrected chi connectivity index (χ4v) is 3.69. The summed E-state index contributed by atoms with van der Waals surface area (Å²) >= 11 is 0. The fourth-order valence-electron chi connectivity index (χ4n) is 2.86. The third kappa shape index (κ3) is 7.56. The Bertz CT molecular complexity index is 810. The first-order chi connectivity index (χ1) is 13.7. The van der Waals surface area contributed by atoms with Crippen molar-refractivity contribution in [3.8, 4) is 11.1 Å². The van der Waals surface area contributed by atoms with Crippen molar-refractivity contribution in [3.63, 3.8) is 0 Å². The summed E-state index contributed by atoms with van der Waals surface area (Å²) in [6, 6.07) is 20.3. The highest BCUT2D eigenvalue weighted by molar-refractivity contribution is 7.15. The third-order valence-electron chi connectivity index (χ3n) is 4.05. The van der Waals surface area contributed by atoms with Crippen molar-refractivity contribution in [2.45, 2.75) is 60.0 Å². The van der Waals surface area contributed by atoms with Crippen LogP contribution >= 0.6 is 27.7 Å². The smallest absolute Gasteiger partial charge is 0.0122 e. The molecule has 0 spiro atoms. The minimum Gasteiger partial charge on any atom is -0.133 e. The van der Waals surface area contributed by atoms with Crippen LogP contribution in [0.25, 0.3) is 21.9 Å². The summed E-state index contributed by atoms with van der Waals surface area (Å²) in [5, 5.41) is 2.70. The summed E-state index contributed by atoms with van der Waals surface area (Å²) in [6.07, 6.45) is 2.99. The van der Waals surface area contributed by atoms with Crippen molar-refractivity contribution in [3.05, 3.63) is 71.3 Å². The molecule has 3 rings (SSSR count). The number of fused-ring (bicyclic) bond motifs is 1. The molecule has 0 bridgehead atoms. The molecule has 3 aromatic rings. The van der Waals surface area contributed by atoms with Gasteiger partial charge in [-0.05, 0) is 63.1 Å². The normalized spacial score (nSPS) is 9.32. The van der Waals surface area contributed by atoms with Crippen LogP contribution in [0.1, 0.15) is 58.2 Å². The van der Waals surface area contributed by atoms with Gasteiger partial charge in [0.1, 0.15) is 0 Å². The molecule has 0 N–H and O–H groups in total. The maximum atomic E-state index is 2.85. The second-order valence-corrected chi connectivity index (χ2v) is 6.73. The quantitative estimate of drug-likeness (QED) is 0.362. The van der Waals surface area contributed by atoms with Crippen LogP contribution in [0.15, 0.2) is 54.6 Å². The van der Waals surface area contributed by atoms with Gasteiger partial charge in [-0.2, -0.15) is 0 Å². The largest absolute Gasteiger partial charge is 0.133 e. The second-order valence-electron chi connectivity index (χ2n) is 5.50. The van der Waals surface area contributed by atoms with E-state index in [4.69, 9.17) is 0 Å². The summed E-state index contributed by atoms with van der Waals surface area (Å²) in [5.74, 6) is 0. The van der Waals surface area contributed by atoms with Gasteiger partial charge >= 0.3 is 0 Å². The maximum absolute atomic E-state index is 2.85. The molecule has 0 heterocycles. The van der Waals surface area contributed by atoms with Crippen LogP contribution in [0, 0.1) is 0 Å². The lowest BCUT2D eigenvalue weighted by Crippen LogP contribution is -1.88. The molecule has 0 aromatic heterocycles. The van der Waals surface area contributed by atoms with Crippen LogP contribution < -0.4 is 0 Å². The van der Waals surface area contributed by atoms with E-state index in [1.165, 1.54) is 38.6 Å². The second kappa shape index (κ2) is 16.1. The lowest BCUT2D eigenvalue weighted by atomic mass is 9.96. The van der Waals surface area contributed by atoms with Gasteiger partial charge in [-0.25, -0.2) is 0 Å². The average Bonchev–Trinajstić information content (AvgIpc) is 2.81. The molecule has 0 amide bonds. The first-order valence-electron chi connectivity index (χ1n) is 10.5. The Morgan fingerprint density at radius 1 is 0.571 bits per heavy atom. The molecular formula is C25H39P3. The zero-order chi connectivity index (χ0) is 21.5. The van der Waals surface area contributed by atoms with Crippen molar-refractivity contribution in [1.82, 2.24) is 0 Å². The molecule has 28 heavy (non-hydrogen) atoms. The SMILES string of the molecule is CC.CC.CC.PCc1cccc(-c2ccc3c(CP)cc(CP)cc3c2)c1. The van der Waals surface area contributed by atoms with Crippen LogP contribution in [0.3, 0.4) is 0 Å². The van der Waals surface area contributed by atoms with Crippen molar-refractivity contribution < 1.29 is 0 Å². The van der Waals surface area contributed by atoms with E-state index < -0.39 is 0 Å². The van der Waals surface area contributed by atoms with E-state index in [0.717, 1.165) is 18.5 Å². The van der Waals surface area contributed by atoms with Gasteiger partial charge < -0.3 is 0 Å². The highest BCUT2D eigenvalue weighted by Crippen LogP contribution is 2.30. The van der Waals surface area contributed by atoms with Gasteiger partial charge in [0.2, 0.25) is 0 Å². The summed E-state index contributed by atoms with van der Waals surface area (Å²) < 4.78 is 0. The molecule has 154 valence electrons. The van der Waals surface area contributed by atoms with E-state index in [1.54, 1.807) is 0 Å². The predicted molar refractivity (Wildman–Crippen MR) is 144 cm³/mol. The van der Waals surface area contributed by atoms with E-state index >= 15 is 0 Å². The number of hydrogen-bond donors (Lipinski definition) is 0. The van der Waals surface area contributed by atoms with E-state index in [2.05, 4.69) is 82.3 Å². The van der Waals surface area contributed by atoms with Gasteiger partial charge in [-0.3, -0.25) is 0 Å². The third-order valence-corrected chi connectivity index (χ3v) is 5.43. The zero-order valence-corrected chi connectivity index (χ0v) is 22.0. The summed E-state index contributed by atoms with van der Waals surface area (Å²) in [5.41, 5.74) is 6.73. The molecule has 0 aliphatic carbocycles. The van der Waals surface area contributed by atoms with Gasteiger partial charge in [-0.1, -0.05) is 90.1 Å². The first-order valence-corrected chi connectivity index (χ1v) is 12.9. The summed E-state index contributed by atoms with van der Waals surface area (Å²) in [4.78, 5) is 0. The molecule has 3 aromatic carbocycles. The molecule has 0 radical (unpaired) electrons. The van der Waals surface area contributed by atoms with Crippen molar-refractivity contribution in [2.24, 2.45) is 0 Å². The monoisotopic (exact) mass is 432 g/mol. The first kappa shape index (κ1) is 27.2. The molecule has 0 fully saturated rings. The molecule has 3 heteroatoms. The predicted octanol–water partition coefficient (Wildman–Crippen LogP) is 8.71. The Morgan fingerprint density at radius 3 is 1.75 bits per heavy atom. The number of benzene rings is 3. The fraction of sp³-hybridized carbons (Fsp3) is 0.360. The van der Waals surface area contributed by atoms with Crippen molar-refractivity contribution in [2.75, 3.05) is 0 Å². The maximum Gasteiger partial charge on any atom is -0.0122 e. The van der Waals surface area contributed by atoms with E-state index in [-0.39, 0.29) is 0 Å². The van der Waals surface area contributed by atoms with Gasteiger partial charge in [-0.15, -0.1) is 27.7 Å². The van der Waals surface area contributed by atoms with Gasteiger partial charge in [0, 0.05) is 0 Å². The molecule has 0 saturated heterocycles. The number of rotatable bonds is 4. The minimum atomic E-state index is 0.996. The molecule has 0 nitrogen and oxygen atoms in total. The lowest BCUT2D eigenvalue weighted by molar-refractivity contribution is 1.37. The topological polar surface area (TPSA) is 0 Å². The minimum absolute atomic E-state index is 0.996. The van der Waals surface area contributed by atoms with Crippen LogP contribution in [-0.2, 0) is 18.5 Å². The standard InChI is InChI=1S/C19H21P3.3C2H6/c20-10-13-2-1-3-15(6-13)16-4-5-19-17(9-16)7-14(11-21)8-18(19)12-22;3*1-2/h1-9H,10-12,20-22H2;3*1-2H3. The Hall–Kier alpha value is -0.790. The molecule has 3 atom stereocenters. The highest BCUT2D eigenvalue weighted by Gasteiger charge is 2.05. The lowest BCUT2D eigenvalue weighted by Gasteiger charge is -2.10. The molecule has 0 saturated carbocycles. The Kier molecular flexibility index (Phi) is 15.6. The van der Waals surface area contributed by atoms with Gasteiger partial charge in [0.05, 0.1) is 0 Å². The van der Waals surface area contributed by atoms with Crippen molar-refractivity contribution in [1.29, 1.82) is 0 Å². The average molecular weight is 433 g/mol. The van der Waals surface area contributed by atoms with E-state index in [1.807, 2.05) is 41.5 Å². The summed E-state index contributed by atoms with van der Waals surface area (Å²) in [7, 11) is 8.47. The van der Waals surface area contributed by atoms with Gasteiger partial charge in [0.25, 0.3) is 0 Å². The van der Waals surface area contributed by atoms with E-state index in [9.17, 15) is 0 Å². The molecule has 0 aliphatic heterocycles. The van der Waals surface area contributed by atoms with Crippen LogP contribution in [0.2, 0.25) is 0 Å². The zero-order valence-electron chi connectivity index (χ0n) is 18.5. The van der Waals surface area contributed by atoms with Crippen LogP contribution in [0.5, 0.6) is 0 Å². The van der Waals surface area contributed by atoms with Gasteiger partial charge in [0.15, 0.2) is 0 Å². The van der Waals surface area contributed by atoms with E-state index in [0.29, 0.717) is 0 Å². The molecular weight excluding hydrogens is 393 g/mol. The van der Waals surface area contributed by atoms with Crippen LogP contribution in [0.4, 0.5) is 0 Å². The van der Waals surface area contributed by atoms with Crippen LogP contribution in [-0.4, -0.2) is 0 Å². The molecule has 3 unspecified atom stereocenters. The Morgan fingerprint density at radius 2 is 1.18 bits per heavy atom. The Labute approximate surface area is 180 Å². The Balaban J connectivity index is 0.00000111. The summed E-state index contributed by atoms with van der Waals surface area (Å²) in [6.45, 7) is 12.0. The van der Waals surface area contributed by atoms with Crippen molar-refractivity contribution >= 4 is 38.5 Å².